The maximum absolute atomic E-state index is 12.8. The molecule has 1 atom stereocenters. The Balaban J connectivity index is 1.44. The lowest BCUT2D eigenvalue weighted by Gasteiger charge is -2.22. The zero-order chi connectivity index (χ0) is 22.3. The van der Waals surface area contributed by atoms with E-state index in [1.54, 1.807) is 6.07 Å². The third-order valence-electron chi connectivity index (χ3n) is 5.53. The molecule has 3 aromatic rings. The lowest BCUT2D eigenvalue weighted by molar-refractivity contribution is -0.148. The third-order valence-corrected chi connectivity index (χ3v) is 6.44. The fourth-order valence-electron chi connectivity index (χ4n) is 4.11. The highest BCUT2D eigenvalue weighted by Gasteiger charge is 2.32. The van der Waals surface area contributed by atoms with Gasteiger partial charge in [-0.1, -0.05) is 18.2 Å². The van der Waals surface area contributed by atoms with Gasteiger partial charge in [0.15, 0.2) is 6.61 Å². The summed E-state index contributed by atoms with van der Waals surface area (Å²) in [6.07, 6.45) is 0.493. The number of anilines is 1. The maximum Gasteiger partial charge on any atom is 0.326 e. The number of aromatic nitrogens is 1. The summed E-state index contributed by atoms with van der Waals surface area (Å²) >= 11 is 0. The van der Waals surface area contributed by atoms with E-state index >= 15 is 0 Å². The first-order chi connectivity index (χ1) is 14.6. The molecule has 1 aliphatic heterocycles. The minimum absolute atomic E-state index is 0.00787. The number of aryl methyl sites for hydroxylation is 1. The van der Waals surface area contributed by atoms with Gasteiger partial charge in [-0.15, -0.1) is 0 Å². The molecule has 2 aromatic carbocycles. The molecule has 31 heavy (non-hydrogen) atoms. The Bertz CT molecular complexity index is 1300. The number of para-hydroxylation sites is 1. The summed E-state index contributed by atoms with van der Waals surface area (Å²) in [5, 5.41) is 6.23. The van der Waals surface area contributed by atoms with Crippen LogP contribution in [0.4, 0.5) is 5.69 Å². The molecule has 4 rings (SSSR count). The van der Waals surface area contributed by atoms with Crippen molar-refractivity contribution in [3.8, 4) is 0 Å². The van der Waals surface area contributed by atoms with Gasteiger partial charge in [-0.3, -0.25) is 9.59 Å². The zero-order valence-corrected chi connectivity index (χ0v) is 18.1. The summed E-state index contributed by atoms with van der Waals surface area (Å²) in [5.74, 6) is -0.869. The topological polar surface area (TPSA) is 112 Å². The van der Waals surface area contributed by atoms with Crippen LogP contribution in [0.3, 0.4) is 0 Å². The van der Waals surface area contributed by atoms with Crippen LogP contribution >= 0.6 is 0 Å². The number of carbonyl (C=O) groups excluding carboxylic acids is 2. The predicted molar refractivity (Wildman–Crippen MR) is 116 cm³/mol. The van der Waals surface area contributed by atoms with Crippen LogP contribution in [0.5, 0.6) is 0 Å². The number of sulfonamides is 1. The highest BCUT2D eigenvalue weighted by Crippen LogP contribution is 2.33. The van der Waals surface area contributed by atoms with Crippen LogP contribution < -0.4 is 10.0 Å². The van der Waals surface area contributed by atoms with Crippen molar-refractivity contribution in [1.82, 2.24) is 4.57 Å². The summed E-state index contributed by atoms with van der Waals surface area (Å²) in [6.45, 7) is 3.39. The second-order valence-electron chi connectivity index (χ2n) is 7.74. The van der Waals surface area contributed by atoms with Crippen LogP contribution in [0, 0.1) is 6.92 Å². The monoisotopic (exact) mass is 441 g/mol. The fraction of sp³-hybridized carbons (Fsp3) is 0.273. The van der Waals surface area contributed by atoms with E-state index in [2.05, 4.69) is 0 Å². The summed E-state index contributed by atoms with van der Waals surface area (Å²) in [6, 6.07) is 14.0. The number of fused-ring (bicyclic) bond motifs is 2. The normalized spacial score (nSPS) is 15.8. The maximum atomic E-state index is 12.8. The van der Waals surface area contributed by atoms with Gasteiger partial charge in [0.05, 0.1) is 4.90 Å². The van der Waals surface area contributed by atoms with E-state index in [-0.39, 0.29) is 23.4 Å². The summed E-state index contributed by atoms with van der Waals surface area (Å²) in [4.78, 5) is 26.7. The number of nitrogens with two attached hydrogens (primary N) is 1. The van der Waals surface area contributed by atoms with Crippen molar-refractivity contribution in [2.24, 2.45) is 5.14 Å². The van der Waals surface area contributed by atoms with Crippen LogP contribution in [0.2, 0.25) is 0 Å². The first kappa shape index (κ1) is 21.1. The first-order valence-corrected chi connectivity index (χ1v) is 11.4. The first-order valence-electron chi connectivity index (χ1n) is 9.83. The van der Waals surface area contributed by atoms with Gasteiger partial charge in [-0.2, -0.15) is 0 Å². The van der Waals surface area contributed by atoms with E-state index in [9.17, 15) is 18.0 Å². The van der Waals surface area contributed by atoms with Crippen LogP contribution in [0.15, 0.2) is 53.4 Å². The number of rotatable bonds is 5. The number of carbonyl (C=O) groups is 2. The van der Waals surface area contributed by atoms with Crippen molar-refractivity contribution in [3.05, 3.63) is 59.8 Å². The number of primary sulfonamides is 1. The number of esters is 1. The Kier molecular flexibility index (Phi) is 5.32. The number of nitrogens with zero attached hydrogens (tertiary/aromatic N) is 2. The molecule has 1 aromatic heterocycles. The van der Waals surface area contributed by atoms with E-state index in [0.29, 0.717) is 17.7 Å². The van der Waals surface area contributed by atoms with E-state index in [1.807, 2.05) is 48.7 Å². The molecule has 1 amide bonds. The van der Waals surface area contributed by atoms with Gasteiger partial charge >= 0.3 is 5.97 Å². The Morgan fingerprint density at radius 3 is 2.65 bits per heavy atom. The Morgan fingerprint density at radius 1 is 1.16 bits per heavy atom. The van der Waals surface area contributed by atoms with E-state index in [0.717, 1.165) is 16.6 Å². The average molecular weight is 442 g/mol. The molecular weight excluding hydrogens is 418 g/mol. The van der Waals surface area contributed by atoms with E-state index < -0.39 is 22.6 Å². The van der Waals surface area contributed by atoms with Crippen molar-refractivity contribution in [2.45, 2.75) is 37.8 Å². The summed E-state index contributed by atoms with van der Waals surface area (Å²) in [5.41, 5.74) is 3.18. The van der Waals surface area contributed by atoms with Crippen LogP contribution in [-0.2, 0) is 37.3 Å². The van der Waals surface area contributed by atoms with E-state index in [1.165, 1.54) is 17.0 Å². The predicted octanol–water partition coefficient (Wildman–Crippen LogP) is 2.12. The minimum atomic E-state index is -3.82. The second-order valence-corrected chi connectivity index (χ2v) is 9.31. The molecule has 0 radical (unpaired) electrons. The molecule has 9 heteroatoms. The van der Waals surface area contributed by atoms with Crippen LogP contribution in [0.1, 0.15) is 18.2 Å². The molecule has 8 nitrogen and oxygen atoms in total. The van der Waals surface area contributed by atoms with Gasteiger partial charge < -0.3 is 14.2 Å². The SMILES string of the molecule is Cc1cc2ccccc2n1CC(=O)OCC(=O)N1c2ccc(S(N)(=O)=O)cc2CC1C. The molecule has 1 unspecified atom stereocenters. The number of benzene rings is 2. The molecule has 0 saturated heterocycles. The number of amides is 1. The highest BCUT2D eigenvalue weighted by atomic mass is 32.2. The molecule has 0 spiro atoms. The van der Waals surface area contributed by atoms with Crippen molar-refractivity contribution in [1.29, 1.82) is 0 Å². The second kappa shape index (κ2) is 7.82. The smallest absolute Gasteiger partial charge is 0.326 e. The molecule has 0 aliphatic carbocycles. The largest absolute Gasteiger partial charge is 0.454 e. The van der Waals surface area contributed by atoms with E-state index in [4.69, 9.17) is 9.88 Å². The van der Waals surface area contributed by atoms with Crippen molar-refractivity contribution >= 4 is 38.5 Å². The van der Waals surface area contributed by atoms with Gasteiger partial charge in [0, 0.05) is 22.9 Å². The third kappa shape index (κ3) is 4.06. The van der Waals surface area contributed by atoms with Crippen LogP contribution in [0.25, 0.3) is 10.9 Å². The Morgan fingerprint density at radius 2 is 1.90 bits per heavy atom. The standard InChI is InChI=1S/C22H23N3O5S/c1-14-9-16-5-3-4-6-19(16)24(14)12-22(27)30-13-21(26)25-15(2)10-17-11-18(31(23,28)29)7-8-20(17)25/h3-9,11,15H,10,12-13H2,1-2H3,(H2,23,28,29). The van der Waals surface area contributed by atoms with Gasteiger partial charge in [0.1, 0.15) is 6.54 Å². The molecule has 162 valence electrons. The quantitative estimate of drug-likeness (QED) is 0.610. The van der Waals surface area contributed by atoms with Gasteiger partial charge in [-0.25, -0.2) is 13.6 Å². The number of ether oxygens (including phenoxy) is 1. The summed E-state index contributed by atoms with van der Waals surface area (Å²) in [7, 11) is -3.82. The minimum Gasteiger partial charge on any atom is -0.454 e. The van der Waals surface area contributed by atoms with Gasteiger partial charge in [0.25, 0.3) is 5.91 Å². The van der Waals surface area contributed by atoms with Crippen molar-refractivity contribution in [2.75, 3.05) is 11.5 Å². The Hall–Kier alpha value is -3.17. The molecule has 0 bridgehead atoms. The molecule has 1 aliphatic rings. The zero-order valence-electron chi connectivity index (χ0n) is 17.2. The fourth-order valence-corrected chi connectivity index (χ4v) is 4.67. The van der Waals surface area contributed by atoms with Crippen molar-refractivity contribution in [3.63, 3.8) is 0 Å². The molecular formula is C22H23N3O5S. The number of hydrogen-bond acceptors (Lipinski definition) is 5. The molecule has 2 N–H and O–H groups in total. The Labute approximate surface area is 180 Å². The van der Waals surface area contributed by atoms with Crippen LogP contribution in [-0.4, -0.2) is 37.5 Å². The summed E-state index contributed by atoms with van der Waals surface area (Å²) < 4.78 is 30.3. The molecule has 0 fully saturated rings. The van der Waals surface area contributed by atoms with Gasteiger partial charge in [0.2, 0.25) is 10.0 Å². The average Bonchev–Trinajstić information content (AvgIpc) is 3.20. The lowest BCUT2D eigenvalue weighted by Crippen LogP contribution is -2.39. The lowest BCUT2D eigenvalue weighted by atomic mass is 10.1. The van der Waals surface area contributed by atoms with Crippen molar-refractivity contribution < 1.29 is 22.7 Å². The van der Waals surface area contributed by atoms with Gasteiger partial charge in [-0.05, 0) is 61.5 Å². The number of hydrogen-bond donors (Lipinski definition) is 1. The molecule has 0 saturated carbocycles. The highest BCUT2D eigenvalue weighted by molar-refractivity contribution is 7.89. The molecule has 2 heterocycles.